The Balaban J connectivity index is 1.80. The van der Waals surface area contributed by atoms with E-state index < -0.39 is 0 Å². The SMILES string of the molecule is CCc1occc1-c1nc(N2CCC(N)CC2)n[nH]1. The molecule has 3 rings (SSSR count). The van der Waals surface area contributed by atoms with E-state index in [-0.39, 0.29) is 0 Å². The van der Waals surface area contributed by atoms with Crippen LogP contribution in [0.3, 0.4) is 0 Å². The van der Waals surface area contributed by atoms with Gasteiger partial charge in [-0.1, -0.05) is 6.92 Å². The first-order valence-electron chi connectivity index (χ1n) is 6.77. The molecule has 0 atom stereocenters. The van der Waals surface area contributed by atoms with E-state index in [9.17, 15) is 0 Å². The van der Waals surface area contributed by atoms with Crippen molar-refractivity contribution in [2.24, 2.45) is 5.73 Å². The van der Waals surface area contributed by atoms with Crippen LogP contribution in [0.4, 0.5) is 5.95 Å². The standard InChI is InChI=1S/C13H19N5O/c1-2-11-10(5-8-19-11)12-15-13(17-16-12)18-6-3-9(14)4-7-18/h5,8-9H,2-4,6-7,14H2,1H3,(H,15,16,17). The molecule has 102 valence electrons. The lowest BCUT2D eigenvalue weighted by Gasteiger charge is -2.28. The third kappa shape index (κ3) is 2.35. The lowest BCUT2D eigenvalue weighted by molar-refractivity contribution is 0.496. The molecule has 3 heterocycles. The Morgan fingerprint density at radius 2 is 2.26 bits per heavy atom. The van der Waals surface area contributed by atoms with E-state index in [1.54, 1.807) is 6.26 Å². The molecule has 6 nitrogen and oxygen atoms in total. The van der Waals surface area contributed by atoms with Gasteiger partial charge in [-0.2, -0.15) is 4.98 Å². The van der Waals surface area contributed by atoms with E-state index in [0.717, 1.165) is 55.4 Å². The van der Waals surface area contributed by atoms with Crippen LogP contribution in [0.25, 0.3) is 11.4 Å². The maximum Gasteiger partial charge on any atom is 0.245 e. The number of hydrogen-bond donors (Lipinski definition) is 2. The van der Waals surface area contributed by atoms with Gasteiger partial charge in [0, 0.05) is 25.6 Å². The minimum absolute atomic E-state index is 0.315. The van der Waals surface area contributed by atoms with E-state index in [0.29, 0.717) is 6.04 Å². The van der Waals surface area contributed by atoms with Crippen LogP contribution in [0, 0.1) is 0 Å². The first-order chi connectivity index (χ1) is 9.28. The summed E-state index contributed by atoms with van der Waals surface area (Å²) >= 11 is 0. The summed E-state index contributed by atoms with van der Waals surface area (Å²) in [4.78, 5) is 6.74. The number of aromatic amines is 1. The van der Waals surface area contributed by atoms with Gasteiger partial charge in [-0.15, -0.1) is 5.10 Å². The Labute approximate surface area is 112 Å². The Bertz CT molecular complexity index is 539. The largest absolute Gasteiger partial charge is 0.469 e. The summed E-state index contributed by atoms with van der Waals surface area (Å²) in [5.41, 5.74) is 6.90. The highest BCUT2D eigenvalue weighted by Crippen LogP contribution is 2.24. The van der Waals surface area contributed by atoms with Crippen molar-refractivity contribution in [3.8, 4) is 11.4 Å². The predicted molar refractivity (Wildman–Crippen MR) is 72.9 cm³/mol. The van der Waals surface area contributed by atoms with Crippen LogP contribution in [0.1, 0.15) is 25.5 Å². The molecule has 0 spiro atoms. The van der Waals surface area contributed by atoms with Gasteiger partial charge in [-0.3, -0.25) is 5.10 Å². The molecule has 1 aliphatic heterocycles. The fraction of sp³-hybridized carbons (Fsp3) is 0.538. The zero-order chi connectivity index (χ0) is 13.2. The van der Waals surface area contributed by atoms with Crippen molar-refractivity contribution >= 4 is 5.95 Å². The normalized spacial score (nSPS) is 17.1. The highest BCUT2D eigenvalue weighted by molar-refractivity contribution is 5.58. The molecule has 0 bridgehead atoms. The number of anilines is 1. The van der Waals surface area contributed by atoms with Gasteiger partial charge in [0.15, 0.2) is 5.82 Å². The zero-order valence-electron chi connectivity index (χ0n) is 11.1. The number of H-pyrrole nitrogens is 1. The van der Waals surface area contributed by atoms with Crippen molar-refractivity contribution in [1.82, 2.24) is 15.2 Å². The number of furan rings is 1. The molecule has 0 radical (unpaired) electrons. The van der Waals surface area contributed by atoms with E-state index in [1.165, 1.54) is 0 Å². The summed E-state index contributed by atoms with van der Waals surface area (Å²) in [5, 5.41) is 7.30. The lowest BCUT2D eigenvalue weighted by atomic mass is 10.1. The number of piperidine rings is 1. The van der Waals surface area contributed by atoms with Gasteiger partial charge < -0.3 is 15.1 Å². The minimum Gasteiger partial charge on any atom is -0.469 e. The molecule has 0 amide bonds. The van der Waals surface area contributed by atoms with E-state index >= 15 is 0 Å². The van der Waals surface area contributed by atoms with Gasteiger partial charge >= 0.3 is 0 Å². The second-order valence-corrected chi connectivity index (χ2v) is 4.92. The summed E-state index contributed by atoms with van der Waals surface area (Å²) < 4.78 is 5.42. The second kappa shape index (κ2) is 5.05. The molecule has 0 aliphatic carbocycles. The second-order valence-electron chi connectivity index (χ2n) is 4.92. The number of hydrogen-bond acceptors (Lipinski definition) is 5. The molecular formula is C13H19N5O. The maximum absolute atomic E-state index is 5.91. The van der Waals surface area contributed by atoms with Crippen molar-refractivity contribution in [1.29, 1.82) is 0 Å². The molecule has 2 aromatic rings. The van der Waals surface area contributed by atoms with Crippen molar-refractivity contribution in [2.75, 3.05) is 18.0 Å². The number of nitrogens with one attached hydrogen (secondary N) is 1. The van der Waals surface area contributed by atoms with Crippen molar-refractivity contribution in [2.45, 2.75) is 32.2 Å². The van der Waals surface area contributed by atoms with Crippen LogP contribution in [0.15, 0.2) is 16.7 Å². The lowest BCUT2D eigenvalue weighted by Crippen LogP contribution is -2.40. The molecule has 0 unspecified atom stereocenters. The monoisotopic (exact) mass is 261 g/mol. The van der Waals surface area contributed by atoms with Crippen molar-refractivity contribution in [3.05, 3.63) is 18.1 Å². The fourth-order valence-corrected chi connectivity index (χ4v) is 2.44. The molecule has 3 N–H and O–H groups in total. The Hall–Kier alpha value is -1.82. The molecule has 19 heavy (non-hydrogen) atoms. The van der Waals surface area contributed by atoms with Crippen LogP contribution in [0.5, 0.6) is 0 Å². The number of aromatic nitrogens is 3. The number of rotatable bonds is 3. The van der Waals surface area contributed by atoms with Crippen LogP contribution >= 0.6 is 0 Å². The minimum atomic E-state index is 0.315. The summed E-state index contributed by atoms with van der Waals surface area (Å²) in [7, 11) is 0. The smallest absolute Gasteiger partial charge is 0.245 e. The molecular weight excluding hydrogens is 242 g/mol. The number of nitrogens with two attached hydrogens (primary N) is 1. The van der Waals surface area contributed by atoms with Crippen LogP contribution < -0.4 is 10.6 Å². The van der Waals surface area contributed by atoms with Crippen LogP contribution in [-0.4, -0.2) is 34.3 Å². The van der Waals surface area contributed by atoms with E-state index in [1.807, 2.05) is 6.07 Å². The van der Waals surface area contributed by atoms with Crippen molar-refractivity contribution < 1.29 is 4.42 Å². The molecule has 1 saturated heterocycles. The summed E-state index contributed by atoms with van der Waals surface area (Å²) in [5.74, 6) is 2.46. The predicted octanol–water partition coefficient (Wildman–Crippen LogP) is 1.55. The quantitative estimate of drug-likeness (QED) is 0.875. The van der Waals surface area contributed by atoms with Gasteiger partial charge in [0.2, 0.25) is 5.95 Å². The Morgan fingerprint density at radius 3 is 3.00 bits per heavy atom. The number of nitrogens with zero attached hydrogens (tertiary/aromatic N) is 3. The van der Waals surface area contributed by atoms with Gasteiger partial charge in [0.05, 0.1) is 11.8 Å². The first-order valence-corrected chi connectivity index (χ1v) is 6.77. The van der Waals surface area contributed by atoms with Gasteiger partial charge in [0.25, 0.3) is 0 Å². The van der Waals surface area contributed by atoms with Gasteiger partial charge in [0.1, 0.15) is 5.76 Å². The molecule has 0 saturated carbocycles. The summed E-state index contributed by atoms with van der Waals surface area (Å²) in [6.45, 7) is 3.90. The molecule has 1 fully saturated rings. The fourth-order valence-electron chi connectivity index (χ4n) is 2.44. The van der Waals surface area contributed by atoms with E-state index in [4.69, 9.17) is 10.2 Å². The third-order valence-electron chi connectivity index (χ3n) is 3.62. The van der Waals surface area contributed by atoms with Crippen LogP contribution in [-0.2, 0) is 6.42 Å². The van der Waals surface area contributed by atoms with Gasteiger partial charge in [-0.25, -0.2) is 0 Å². The molecule has 6 heteroatoms. The molecule has 2 aromatic heterocycles. The Morgan fingerprint density at radius 1 is 1.47 bits per heavy atom. The first kappa shape index (κ1) is 12.2. The average molecular weight is 261 g/mol. The third-order valence-corrected chi connectivity index (χ3v) is 3.62. The average Bonchev–Trinajstić information content (AvgIpc) is 3.07. The summed E-state index contributed by atoms with van der Waals surface area (Å²) in [6.07, 6.45) is 4.53. The zero-order valence-corrected chi connectivity index (χ0v) is 11.1. The summed E-state index contributed by atoms with van der Waals surface area (Å²) in [6, 6.07) is 2.24. The topological polar surface area (TPSA) is 84.0 Å². The highest BCUT2D eigenvalue weighted by Gasteiger charge is 2.20. The number of aryl methyl sites for hydroxylation is 1. The highest BCUT2D eigenvalue weighted by atomic mass is 16.3. The van der Waals surface area contributed by atoms with Crippen LogP contribution in [0.2, 0.25) is 0 Å². The molecule has 1 aliphatic rings. The van der Waals surface area contributed by atoms with E-state index in [2.05, 4.69) is 27.0 Å². The Kier molecular flexibility index (Phi) is 3.25. The van der Waals surface area contributed by atoms with Gasteiger partial charge in [-0.05, 0) is 18.9 Å². The van der Waals surface area contributed by atoms with Crippen molar-refractivity contribution in [3.63, 3.8) is 0 Å². The molecule has 0 aromatic carbocycles. The maximum atomic E-state index is 5.91.